The van der Waals surface area contributed by atoms with E-state index in [-0.39, 0.29) is 23.5 Å². The third-order valence-electron chi connectivity index (χ3n) is 4.87. The van der Waals surface area contributed by atoms with Crippen molar-refractivity contribution in [1.82, 2.24) is 9.80 Å². The molecule has 5 heteroatoms. The van der Waals surface area contributed by atoms with Crippen molar-refractivity contribution < 1.29 is 14.0 Å². The molecule has 26 heavy (non-hydrogen) atoms. The monoisotopic (exact) mass is 354 g/mol. The Bertz CT molecular complexity index is 804. The molecule has 0 spiro atoms. The van der Waals surface area contributed by atoms with Crippen LogP contribution in [0.1, 0.15) is 23.7 Å². The Balaban J connectivity index is 1.66. The van der Waals surface area contributed by atoms with Crippen molar-refractivity contribution in [1.29, 1.82) is 0 Å². The molecule has 1 atom stereocenters. The van der Waals surface area contributed by atoms with Gasteiger partial charge in [-0.1, -0.05) is 30.3 Å². The van der Waals surface area contributed by atoms with Gasteiger partial charge in [-0.2, -0.15) is 0 Å². The molecular formula is C21H23FN2O2. The molecule has 4 nitrogen and oxygen atoms in total. The molecule has 1 aliphatic heterocycles. The van der Waals surface area contributed by atoms with Gasteiger partial charge in [0.15, 0.2) is 0 Å². The molecule has 136 valence electrons. The molecule has 1 saturated heterocycles. The maximum Gasteiger partial charge on any atom is 0.253 e. The Labute approximate surface area is 153 Å². The second-order valence-corrected chi connectivity index (χ2v) is 6.75. The Morgan fingerprint density at radius 3 is 2.50 bits per heavy atom. The third kappa shape index (κ3) is 3.77. The summed E-state index contributed by atoms with van der Waals surface area (Å²) in [7, 11) is 1.76. The summed E-state index contributed by atoms with van der Waals surface area (Å²) in [6.45, 7) is 3.94. The standard InChI is InChI=1S/C21H23FN2O2/c1-3-24-14-15(12-20(24)25)13-23(2)21(26)17-10-8-16(9-11-17)18-6-4-5-7-19(18)22/h4-11,15H,3,12-14H2,1-2H3/t15-/m0/s1. The summed E-state index contributed by atoms with van der Waals surface area (Å²) in [5.41, 5.74) is 1.82. The summed E-state index contributed by atoms with van der Waals surface area (Å²) in [5.74, 6) is -0.0377. The van der Waals surface area contributed by atoms with E-state index in [2.05, 4.69) is 0 Å². The normalized spacial score (nSPS) is 16.8. The van der Waals surface area contributed by atoms with Crippen LogP contribution in [0.4, 0.5) is 4.39 Å². The number of carbonyl (C=O) groups is 2. The molecule has 2 aromatic carbocycles. The molecule has 0 aliphatic carbocycles. The van der Waals surface area contributed by atoms with E-state index in [1.54, 1.807) is 54.4 Å². The van der Waals surface area contributed by atoms with Crippen molar-refractivity contribution in [3.05, 3.63) is 59.9 Å². The van der Waals surface area contributed by atoms with Crippen LogP contribution < -0.4 is 0 Å². The molecule has 0 saturated carbocycles. The highest BCUT2D eigenvalue weighted by Gasteiger charge is 2.30. The van der Waals surface area contributed by atoms with Crippen LogP contribution in [-0.2, 0) is 4.79 Å². The Kier molecular flexibility index (Phi) is 5.35. The number of amides is 2. The molecule has 0 N–H and O–H groups in total. The van der Waals surface area contributed by atoms with Gasteiger partial charge in [-0.05, 0) is 30.7 Å². The van der Waals surface area contributed by atoms with Gasteiger partial charge >= 0.3 is 0 Å². The van der Waals surface area contributed by atoms with E-state index in [1.165, 1.54) is 6.07 Å². The van der Waals surface area contributed by atoms with Gasteiger partial charge in [-0.15, -0.1) is 0 Å². The molecule has 3 rings (SSSR count). The zero-order valence-electron chi connectivity index (χ0n) is 15.1. The average Bonchev–Trinajstić information content (AvgIpc) is 3.01. The molecule has 1 fully saturated rings. The van der Waals surface area contributed by atoms with Crippen LogP contribution in [-0.4, -0.2) is 48.3 Å². The first-order chi connectivity index (χ1) is 12.5. The Hall–Kier alpha value is -2.69. The van der Waals surface area contributed by atoms with Crippen molar-refractivity contribution in [2.24, 2.45) is 5.92 Å². The highest BCUT2D eigenvalue weighted by atomic mass is 19.1. The number of halogens is 1. The third-order valence-corrected chi connectivity index (χ3v) is 4.87. The number of hydrogen-bond donors (Lipinski definition) is 0. The lowest BCUT2D eigenvalue weighted by molar-refractivity contribution is -0.127. The molecule has 0 unspecified atom stereocenters. The number of rotatable bonds is 5. The minimum atomic E-state index is -0.282. The van der Waals surface area contributed by atoms with E-state index in [9.17, 15) is 14.0 Å². The fourth-order valence-corrected chi connectivity index (χ4v) is 3.46. The quantitative estimate of drug-likeness (QED) is 0.825. The van der Waals surface area contributed by atoms with E-state index in [1.807, 2.05) is 11.8 Å². The van der Waals surface area contributed by atoms with Crippen molar-refractivity contribution in [2.75, 3.05) is 26.7 Å². The number of likely N-dealkylation sites (tertiary alicyclic amines) is 1. The summed E-state index contributed by atoms with van der Waals surface area (Å²) in [5, 5.41) is 0. The topological polar surface area (TPSA) is 40.6 Å². The van der Waals surface area contributed by atoms with Crippen molar-refractivity contribution >= 4 is 11.8 Å². The van der Waals surface area contributed by atoms with Crippen molar-refractivity contribution in [3.8, 4) is 11.1 Å². The second-order valence-electron chi connectivity index (χ2n) is 6.75. The van der Waals surface area contributed by atoms with Crippen LogP contribution in [0.2, 0.25) is 0 Å². The van der Waals surface area contributed by atoms with Gasteiger partial charge in [-0.25, -0.2) is 4.39 Å². The fraction of sp³-hybridized carbons (Fsp3) is 0.333. The Morgan fingerprint density at radius 2 is 1.88 bits per heavy atom. The first-order valence-corrected chi connectivity index (χ1v) is 8.87. The van der Waals surface area contributed by atoms with Gasteiger partial charge in [0, 0.05) is 50.1 Å². The maximum absolute atomic E-state index is 13.9. The molecule has 0 radical (unpaired) electrons. The molecule has 2 aromatic rings. The molecule has 1 aliphatic rings. The van der Waals surface area contributed by atoms with E-state index in [0.29, 0.717) is 37.2 Å². The maximum atomic E-state index is 13.9. The lowest BCUT2D eigenvalue weighted by Gasteiger charge is -2.21. The summed E-state index contributed by atoms with van der Waals surface area (Å²) >= 11 is 0. The van der Waals surface area contributed by atoms with Crippen LogP contribution in [0.5, 0.6) is 0 Å². The number of carbonyl (C=O) groups excluding carboxylic acids is 2. The van der Waals surface area contributed by atoms with E-state index < -0.39 is 0 Å². The predicted octanol–water partition coefficient (Wildman–Crippen LogP) is 3.43. The molecule has 1 heterocycles. The van der Waals surface area contributed by atoms with Crippen LogP contribution >= 0.6 is 0 Å². The van der Waals surface area contributed by atoms with E-state index in [4.69, 9.17) is 0 Å². The summed E-state index contributed by atoms with van der Waals surface area (Å²) < 4.78 is 13.9. The predicted molar refractivity (Wildman–Crippen MR) is 99.2 cm³/mol. The summed E-state index contributed by atoms with van der Waals surface area (Å²) in [6.07, 6.45) is 0.498. The summed E-state index contributed by atoms with van der Waals surface area (Å²) in [4.78, 5) is 27.9. The lowest BCUT2D eigenvalue weighted by atomic mass is 10.0. The van der Waals surface area contributed by atoms with Crippen LogP contribution in [0.25, 0.3) is 11.1 Å². The number of nitrogens with zero attached hydrogens (tertiary/aromatic N) is 2. The molecular weight excluding hydrogens is 331 g/mol. The van der Waals surface area contributed by atoms with Crippen molar-refractivity contribution in [3.63, 3.8) is 0 Å². The van der Waals surface area contributed by atoms with Crippen molar-refractivity contribution in [2.45, 2.75) is 13.3 Å². The zero-order chi connectivity index (χ0) is 18.7. The van der Waals surface area contributed by atoms with Crippen LogP contribution in [0.15, 0.2) is 48.5 Å². The average molecular weight is 354 g/mol. The SMILES string of the molecule is CCN1C[C@H](CN(C)C(=O)c2ccc(-c3ccccc3F)cc2)CC1=O. The van der Waals surface area contributed by atoms with E-state index >= 15 is 0 Å². The summed E-state index contributed by atoms with van der Waals surface area (Å²) in [6, 6.07) is 13.5. The first kappa shape index (κ1) is 18.1. The van der Waals surface area contributed by atoms with Gasteiger partial charge in [0.05, 0.1) is 0 Å². The van der Waals surface area contributed by atoms with Crippen LogP contribution in [0.3, 0.4) is 0 Å². The highest BCUT2D eigenvalue weighted by Crippen LogP contribution is 2.23. The smallest absolute Gasteiger partial charge is 0.253 e. The minimum Gasteiger partial charge on any atom is -0.343 e. The Morgan fingerprint density at radius 1 is 1.19 bits per heavy atom. The number of benzene rings is 2. The fourth-order valence-electron chi connectivity index (χ4n) is 3.46. The second kappa shape index (κ2) is 7.68. The molecule has 0 bridgehead atoms. The molecule has 0 aromatic heterocycles. The minimum absolute atomic E-state index is 0.0903. The molecule has 2 amide bonds. The van der Waals surface area contributed by atoms with Crippen LogP contribution in [0, 0.1) is 11.7 Å². The van der Waals surface area contributed by atoms with E-state index in [0.717, 1.165) is 5.56 Å². The lowest BCUT2D eigenvalue weighted by Crippen LogP contribution is -2.33. The first-order valence-electron chi connectivity index (χ1n) is 8.87. The van der Waals surface area contributed by atoms with Gasteiger partial charge in [0.1, 0.15) is 5.82 Å². The van der Waals surface area contributed by atoms with Gasteiger partial charge < -0.3 is 9.80 Å². The van der Waals surface area contributed by atoms with Gasteiger partial charge in [-0.3, -0.25) is 9.59 Å². The zero-order valence-corrected chi connectivity index (χ0v) is 15.1. The van der Waals surface area contributed by atoms with Gasteiger partial charge in [0.25, 0.3) is 5.91 Å². The largest absolute Gasteiger partial charge is 0.343 e. The highest BCUT2D eigenvalue weighted by molar-refractivity contribution is 5.94. The number of hydrogen-bond acceptors (Lipinski definition) is 2. The van der Waals surface area contributed by atoms with Gasteiger partial charge in [0.2, 0.25) is 5.91 Å².